The van der Waals surface area contributed by atoms with Crippen molar-refractivity contribution in [2.45, 2.75) is 141 Å². The first-order valence-electron chi connectivity index (χ1n) is 18.7. The van der Waals surface area contributed by atoms with E-state index in [0.29, 0.717) is 32.4 Å². The zero-order valence-corrected chi connectivity index (χ0v) is 35.0. The fraction of sp³-hybridized carbons (Fsp3) is 0.684. The van der Waals surface area contributed by atoms with Gasteiger partial charge in [-0.05, 0) is 78.5 Å². The molecule has 0 aliphatic carbocycles. The molecule has 2 bridgehead atoms. The monoisotopic (exact) mass is 738 g/mol. The number of nitrogens with zero attached hydrogens (tertiary/aromatic N) is 6. The third-order valence-electron chi connectivity index (χ3n) is 9.74. The fourth-order valence-electron chi connectivity index (χ4n) is 6.83. The molecule has 5 rings (SSSR count). The average Bonchev–Trinajstić information content (AvgIpc) is 3.55. The molecule has 5 heterocycles. The Bertz CT molecular complexity index is 1600. The third-order valence-corrected chi connectivity index (χ3v) is 13.1. The number of fused-ring (bicyclic) bond motifs is 3. The predicted molar refractivity (Wildman–Crippen MR) is 209 cm³/mol. The van der Waals surface area contributed by atoms with E-state index in [-0.39, 0.29) is 24.1 Å². The number of hydrogen-bond acceptors (Lipinski definition) is 9. The van der Waals surface area contributed by atoms with Gasteiger partial charge in [0.2, 0.25) is 0 Å². The van der Waals surface area contributed by atoms with Crippen molar-refractivity contribution in [3.8, 4) is 11.1 Å². The highest BCUT2D eigenvalue weighted by atomic mass is 28.3. The summed E-state index contributed by atoms with van der Waals surface area (Å²) in [4.78, 5) is 27.3. The second-order valence-corrected chi connectivity index (χ2v) is 29.7. The van der Waals surface area contributed by atoms with Crippen molar-refractivity contribution < 1.29 is 24.1 Å². The molecule has 0 aromatic carbocycles. The zero-order chi connectivity index (χ0) is 37.4. The van der Waals surface area contributed by atoms with Gasteiger partial charge < -0.3 is 29.1 Å². The van der Waals surface area contributed by atoms with E-state index in [9.17, 15) is 9.90 Å². The molecule has 2 aliphatic rings. The first kappa shape index (κ1) is 39.4. The highest BCUT2D eigenvalue weighted by Gasteiger charge is 2.45. The molecule has 282 valence electrons. The van der Waals surface area contributed by atoms with Gasteiger partial charge in [0.1, 0.15) is 30.5 Å². The Balaban J connectivity index is 1.53. The van der Waals surface area contributed by atoms with Crippen LogP contribution < -0.4 is 4.90 Å². The molecule has 2 saturated heterocycles. The lowest BCUT2D eigenvalue weighted by Gasteiger charge is -2.39. The lowest BCUT2D eigenvalue weighted by Crippen LogP contribution is -2.48. The highest BCUT2D eigenvalue weighted by Crippen LogP contribution is 2.44. The number of anilines is 1. The van der Waals surface area contributed by atoms with Gasteiger partial charge in [0.05, 0.1) is 11.9 Å². The summed E-state index contributed by atoms with van der Waals surface area (Å²) in [5, 5.41) is 15.4. The van der Waals surface area contributed by atoms with Gasteiger partial charge in [-0.2, -0.15) is 9.61 Å². The Kier molecular flexibility index (Phi) is 11.8. The summed E-state index contributed by atoms with van der Waals surface area (Å²) in [5.41, 5.74) is 2.47. The Labute approximate surface area is 307 Å². The van der Waals surface area contributed by atoms with E-state index in [1.807, 2.05) is 48.5 Å². The van der Waals surface area contributed by atoms with Gasteiger partial charge in [-0.3, -0.25) is 4.98 Å². The Morgan fingerprint density at radius 3 is 2.00 bits per heavy atom. The van der Waals surface area contributed by atoms with Crippen molar-refractivity contribution in [2.24, 2.45) is 0 Å². The number of rotatable bonds is 14. The molecule has 0 spiro atoms. The Hall–Kier alpha value is -2.85. The van der Waals surface area contributed by atoms with Crippen molar-refractivity contribution >= 4 is 33.7 Å². The minimum atomic E-state index is -1.28. The Morgan fingerprint density at radius 1 is 0.922 bits per heavy atom. The van der Waals surface area contributed by atoms with Crippen LogP contribution in [0.25, 0.3) is 16.8 Å². The van der Waals surface area contributed by atoms with Crippen LogP contribution in [0.15, 0.2) is 30.6 Å². The normalized spacial score (nSPS) is 19.9. The van der Waals surface area contributed by atoms with E-state index in [4.69, 9.17) is 24.3 Å². The number of carbonyl (C=O) groups is 1. The molecular weight excluding hydrogens is 677 g/mol. The van der Waals surface area contributed by atoms with Crippen molar-refractivity contribution in [2.75, 3.05) is 31.6 Å². The summed E-state index contributed by atoms with van der Waals surface area (Å²) in [7, 11) is -2.55. The maximum absolute atomic E-state index is 13.3. The van der Waals surface area contributed by atoms with Gasteiger partial charge in [0.15, 0.2) is 5.65 Å². The van der Waals surface area contributed by atoms with E-state index in [1.54, 1.807) is 20.0 Å². The second-order valence-electron chi connectivity index (χ2n) is 18.5. The summed E-state index contributed by atoms with van der Waals surface area (Å²) < 4.78 is 20.4. The van der Waals surface area contributed by atoms with Crippen LogP contribution in [0.4, 0.5) is 10.6 Å². The van der Waals surface area contributed by atoms with Crippen LogP contribution in [-0.2, 0) is 19.8 Å². The van der Waals surface area contributed by atoms with Gasteiger partial charge in [0.25, 0.3) is 0 Å². The number of ether oxygens (including phenoxy) is 3. The molecule has 3 atom stereocenters. The smallest absolute Gasteiger partial charge is 0.410 e. The quantitative estimate of drug-likeness (QED) is 0.0996. The van der Waals surface area contributed by atoms with Gasteiger partial charge in [-0.1, -0.05) is 45.3 Å². The van der Waals surface area contributed by atoms with Gasteiger partial charge >= 0.3 is 6.09 Å². The largest absolute Gasteiger partial charge is 0.444 e. The summed E-state index contributed by atoms with van der Waals surface area (Å²) in [6.07, 6.45) is 7.00. The molecular formula is C38H62N6O5Si2. The third kappa shape index (κ3) is 10.4. The van der Waals surface area contributed by atoms with Crippen LogP contribution >= 0.6 is 0 Å². The lowest BCUT2D eigenvalue weighted by atomic mass is 9.88. The van der Waals surface area contributed by atoms with Crippen LogP contribution in [0.3, 0.4) is 0 Å². The maximum atomic E-state index is 13.3. The van der Waals surface area contributed by atoms with E-state index >= 15 is 0 Å². The van der Waals surface area contributed by atoms with Crippen molar-refractivity contribution in [3.05, 3.63) is 42.0 Å². The fourth-order valence-corrected chi connectivity index (χ4v) is 8.34. The number of carbonyl (C=O) groups excluding carboxylic acids is 1. The van der Waals surface area contributed by atoms with Gasteiger partial charge in [-0.15, -0.1) is 0 Å². The van der Waals surface area contributed by atoms with Crippen LogP contribution in [0.2, 0.25) is 51.4 Å². The molecule has 1 amide bonds. The maximum Gasteiger partial charge on any atom is 0.410 e. The summed E-state index contributed by atoms with van der Waals surface area (Å²) in [6, 6.07) is 8.37. The van der Waals surface area contributed by atoms with Crippen LogP contribution in [-0.4, -0.2) is 96.2 Å². The van der Waals surface area contributed by atoms with Crippen molar-refractivity contribution in [1.29, 1.82) is 0 Å². The molecule has 3 aromatic rings. The van der Waals surface area contributed by atoms with Crippen LogP contribution in [0.5, 0.6) is 0 Å². The number of pyridine rings is 1. The summed E-state index contributed by atoms with van der Waals surface area (Å²) >= 11 is 0. The standard InChI is InChI=1S/C38H62N6O5Si2/c1-37(2,3)49-36(45)43-29-13-14-30(43)21-28(20-29)32-22-34(42(25-47-16-18-50(6,7)8)26-48-17-19-51(9,10)11)44-35(41-32)31(24-40-44)27-12-15-33(39-23-27)38(4,5)46/h12,15,22-24,28-30,46H,13-14,16-21,25-26H2,1-11H3/t28-,29-,30+. The lowest BCUT2D eigenvalue weighted by molar-refractivity contribution is 0.00568. The molecule has 3 aromatic heterocycles. The highest BCUT2D eigenvalue weighted by molar-refractivity contribution is 6.76. The Morgan fingerprint density at radius 2 is 1.51 bits per heavy atom. The van der Waals surface area contributed by atoms with Crippen LogP contribution in [0.1, 0.15) is 77.6 Å². The number of amides is 1. The second kappa shape index (κ2) is 15.3. The molecule has 0 unspecified atom stereocenters. The minimum Gasteiger partial charge on any atom is -0.444 e. The first-order valence-corrected chi connectivity index (χ1v) is 26.1. The first-order chi connectivity index (χ1) is 23.7. The van der Waals surface area contributed by atoms with E-state index in [2.05, 4.69) is 55.2 Å². The number of piperidine rings is 1. The number of hydrogen-bond donors (Lipinski definition) is 1. The average molecular weight is 739 g/mol. The van der Waals surface area contributed by atoms with Gasteiger partial charge in [-0.25, -0.2) is 9.78 Å². The van der Waals surface area contributed by atoms with E-state index in [1.165, 1.54) is 0 Å². The van der Waals surface area contributed by atoms with Gasteiger partial charge in [0, 0.05) is 76.4 Å². The molecule has 1 N–H and O–H groups in total. The molecule has 2 aliphatic heterocycles. The topological polar surface area (TPSA) is 115 Å². The zero-order valence-electron chi connectivity index (χ0n) is 33.0. The van der Waals surface area contributed by atoms with Crippen molar-refractivity contribution in [3.63, 3.8) is 0 Å². The van der Waals surface area contributed by atoms with E-state index < -0.39 is 27.3 Å². The van der Waals surface area contributed by atoms with E-state index in [0.717, 1.165) is 66.1 Å². The minimum absolute atomic E-state index is 0.110. The molecule has 2 fully saturated rings. The summed E-state index contributed by atoms with van der Waals surface area (Å²) in [6.45, 7) is 25.5. The van der Waals surface area contributed by atoms with Crippen molar-refractivity contribution in [1.82, 2.24) is 24.5 Å². The van der Waals surface area contributed by atoms with Crippen LogP contribution in [0, 0.1) is 0 Å². The molecule has 13 heteroatoms. The number of aliphatic hydroxyl groups is 1. The SMILES string of the molecule is CC(C)(C)OC(=O)N1[C@@H]2CC[C@H]1C[C@H](c1cc(N(COCC[Si](C)(C)C)COCC[Si](C)(C)C)n3ncc(-c4ccc(C(C)(C)O)nc4)c3n1)C2. The molecule has 0 saturated carbocycles. The molecule has 51 heavy (non-hydrogen) atoms. The number of aromatic nitrogens is 4. The molecule has 0 radical (unpaired) electrons. The summed E-state index contributed by atoms with van der Waals surface area (Å²) in [5.74, 6) is 1.02. The predicted octanol–water partition coefficient (Wildman–Crippen LogP) is 8.10. The molecule has 11 nitrogen and oxygen atoms in total.